The fourth-order valence-electron chi connectivity index (χ4n) is 2.12. The van der Waals surface area contributed by atoms with Crippen molar-refractivity contribution < 1.29 is 9.84 Å². The predicted octanol–water partition coefficient (Wildman–Crippen LogP) is 3.01. The Hall–Kier alpha value is -1.53. The van der Waals surface area contributed by atoms with Gasteiger partial charge in [-0.2, -0.15) is 0 Å². The molecule has 120 valence electrons. The third-order valence-corrected chi connectivity index (χ3v) is 4.24. The van der Waals surface area contributed by atoms with Gasteiger partial charge in [0.15, 0.2) is 5.16 Å². The van der Waals surface area contributed by atoms with E-state index in [2.05, 4.69) is 30.1 Å². The summed E-state index contributed by atoms with van der Waals surface area (Å²) < 4.78 is 7.66. The Balaban J connectivity index is 1.83. The number of hydrogen-bond donors (Lipinski definition) is 1. The number of benzene rings is 1. The molecule has 5 nitrogen and oxygen atoms in total. The summed E-state index contributed by atoms with van der Waals surface area (Å²) in [5, 5.41) is 18.9. The minimum Gasteiger partial charge on any atom is -0.491 e. The van der Waals surface area contributed by atoms with Gasteiger partial charge in [-0.3, -0.25) is 0 Å². The quantitative estimate of drug-likeness (QED) is 0.794. The van der Waals surface area contributed by atoms with Crippen molar-refractivity contribution in [3.05, 3.63) is 35.7 Å². The van der Waals surface area contributed by atoms with Crippen LogP contribution in [-0.4, -0.2) is 38.3 Å². The zero-order valence-corrected chi connectivity index (χ0v) is 14.3. The maximum absolute atomic E-state index is 10.1. The largest absolute Gasteiger partial charge is 0.491 e. The summed E-state index contributed by atoms with van der Waals surface area (Å²) in [6.45, 7) is 8.49. The van der Waals surface area contributed by atoms with Crippen LogP contribution in [0.2, 0.25) is 0 Å². The molecule has 0 saturated carbocycles. The van der Waals surface area contributed by atoms with Crippen LogP contribution in [0.25, 0.3) is 0 Å². The third kappa shape index (κ3) is 4.74. The fraction of sp³-hybridized carbons (Fsp3) is 0.500. The number of nitrogens with zero attached hydrogens (tertiary/aromatic N) is 3. The first kappa shape index (κ1) is 16.8. The smallest absolute Gasteiger partial charge is 0.191 e. The van der Waals surface area contributed by atoms with Crippen LogP contribution in [0.3, 0.4) is 0 Å². The summed E-state index contributed by atoms with van der Waals surface area (Å²) in [7, 11) is 0. The zero-order valence-electron chi connectivity index (χ0n) is 13.5. The van der Waals surface area contributed by atoms with Gasteiger partial charge in [-0.1, -0.05) is 17.8 Å². The van der Waals surface area contributed by atoms with Gasteiger partial charge >= 0.3 is 0 Å². The normalized spacial score (nSPS) is 12.6. The molecule has 2 rings (SSSR count). The highest BCUT2D eigenvalue weighted by atomic mass is 32.2. The van der Waals surface area contributed by atoms with E-state index < -0.39 is 6.10 Å². The first-order valence-corrected chi connectivity index (χ1v) is 8.35. The third-order valence-electron chi connectivity index (χ3n) is 3.14. The average molecular weight is 321 g/mol. The molecule has 0 bridgehead atoms. The molecule has 2 aromatic rings. The second-order valence-electron chi connectivity index (χ2n) is 5.71. The SMILES string of the molecule is Cc1cc(C)cc(OCC(O)CSc2nncn2C(C)C)c1. The Morgan fingerprint density at radius 3 is 2.55 bits per heavy atom. The number of aliphatic hydroxyl groups is 1. The van der Waals surface area contributed by atoms with E-state index in [9.17, 15) is 5.11 Å². The van der Waals surface area contributed by atoms with Crippen molar-refractivity contribution in [2.75, 3.05) is 12.4 Å². The number of hydrogen-bond acceptors (Lipinski definition) is 5. The molecule has 0 aliphatic rings. The van der Waals surface area contributed by atoms with Gasteiger partial charge in [-0.15, -0.1) is 10.2 Å². The zero-order chi connectivity index (χ0) is 16.1. The molecule has 0 spiro atoms. The van der Waals surface area contributed by atoms with Crippen molar-refractivity contribution in [1.29, 1.82) is 0 Å². The van der Waals surface area contributed by atoms with Gasteiger partial charge in [0.1, 0.15) is 18.7 Å². The summed E-state index contributed by atoms with van der Waals surface area (Å²) >= 11 is 1.49. The average Bonchev–Trinajstić information content (AvgIpc) is 2.90. The van der Waals surface area contributed by atoms with Crippen molar-refractivity contribution in [3.63, 3.8) is 0 Å². The van der Waals surface area contributed by atoms with Gasteiger partial charge in [0, 0.05) is 11.8 Å². The van der Waals surface area contributed by atoms with Gasteiger partial charge < -0.3 is 14.4 Å². The molecule has 6 heteroatoms. The molecule has 1 unspecified atom stereocenters. The van der Waals surface area contributed by atoms with Crippen molar-refractivity contribution in [1.82, 2.24) is 14.8 Å². The highest BCUT2D eigenvalue weighted by molar-refractivity contribution is 7.99. The molecule has 1 heterocycles. The molecule has 0 aliphatic carbocycles. The van der Waals surface area contributed by atoms with Gasteiger partial charge in [0.25, 0.3) is 0 Å². The Bertz CT molecular complexity index is 593. The van der Waals surface area contributed by atoms with Crippen molar-refractivity contribution in [2.45, 2.75) is 45.0 Å². The van der Waals surface area contributed by atoms with E-state index in [1.807, 2.05) is 30.5 Å². The Morgan fingerprint density at radius 1 is 1.23 bits per heavy atom. The van der Waals surface area contributed by atoms with E-state index in [0.29, 0.717) is 11.8 Å². The number of aromatic nitrogens is 3. The van der Waals surface area contributed by atoms with E-state index in [1.165, 1.54) is 11.8 Å². The van der Waals surface area contributed by atoms with Gasteiger partial charge in [0.05, 0.1) is 6.10 Å². The first-order valence-electron chi connectivity index (χ1n) is 7.37. The second kappa shape index (κ2) is 7.65. The van der Waals surface area contributed by atoms with Crippen LogP contribution >= 0.6 is 11.8 Å². The highest BCUT2D eigenvalue weighted by Gasteiger charge is 2.12. The number of rotatable bonds is 7. The molecule has 22 heavy (non-hydrogen) atoms. The topological polar surface area (TPSA) is 60.2 Å². The molecule has 1 N–H and O–H groups in total. The van der Waals surface area contributed by atoms with Gasteiger partial charge in [-0.25, -0.2) is 0 Å². The van der Waals surface area contributed by atoms with Crippen molar-refractivity contribution >= 4 is 11.8 Å². The lowest BCUT2D eigenvalue weighted by molar-refractivity contribution is 0.126. The first-order chi connectivity index (χ1) is 10.5. The summed E-state index contributed by atoms with van der Waals surface area (Å²) in [6.07, 6.45) is 1.16. The van der Waals surface area contributed by atoms with Crippen LogP contribution in [0.1, 0.15) is 31.0 Å². The molecule has 1 aromatic heterocycles. The Morgan fingerprint density at radius 2 is 1.91 bits per heavy atom. The maximum Gasteiger partial charge on any atom is 0.191 e. The highest BCUT2D eigenvalue weighted by Crippen LogP contribution is 2.20. The molecular formula is C16H23N3O2S. The lowest BCUT2D eigenvalue weighted by atomic mass is 10.1. The van der Waals surface area contributed by atoms with E-state index in [1.54, 1.807) is 6.33 Å². The van der Waals surface area contributed by atoms with Crippen LogP contribution in [0.5, 0.6) is 5.75 Å². The number of aryl methyl sites for hydroxylation is 2. The number of ether oxygens (including phenoxy) is 1. The molecule has 0 fully saturated rings. The van der Waals surface area contributed by atoms with Gasteiger partial charge in [0.2, 0.25) is 0 Å². The van der Waals surface area contributed by atoms with Crippen LogP contribution in [-0.2, 0) is 0 Å². The minimum absolute atomic E-state index is 0.270. The number of thioether (sulfide) groups is 1. The molecule has 1 aromatic carbocycles. The molecular weight excluding hydrogens is 298 g/mol. The predicted molar refractivity (Wildman–Crippen MR) is 88.5 cm³/mol. The van der Waals surface area contributed by atoms with Crippen molar-refractivity contribution in [2.24, 2.45) is 0 Å². The molecule has 0 saturated heterocycles. The van der Waals surface area contributed by atoms with Crippen LogP contribution in [0.15, 0.2) is 29.7 Å². The standard InChI is InChI=1S/C16H23N3O2S/c1-11(2)19-10-17-18-16(19)22-9-14(20)8-21-15-6-12(3)5-13(4)7-15/h5-7,10-11,14,20H,8-9H2,1-4H3. The lowest BCUT2D eigenvalue weighted by Crippen LogP contribution is -2.20. The minimum atomic E-state index is -0.553. The van der Waals surface area contributed by atoms with E-state index in [-0.39, 0.29) is 6.61 Å². The Kier molecular flexibility index (Phi) is 5.85. The lowest BCUT2D eigenvalue weighted by Gasteiger charge is -2.14. The monoisotopic (exact) mass is 321 g/mol. The van der Waals surface area contributed by atoms with Crippen LogP contribution in [0.4, 0.5) is 0 Å². The summed E-state index contributed by atoms with van der Waals surface area (Å²) in [6, 6.07) is 6.35. The maximum atomic E-state index is 10.1. The molecule has 0 aliphatic heterocycles. The van der Waals surface area contributed by atoms with E-state index >= 15 is 0 Å². The van der Waals surface area contributed by atoms with Crippen molar-refractivity contribution in [3.8, 4) is 5.75 Å². The summed E-state index contributed by atoms with van der Waals surface area (Å²) in [5.41, 5.74) is 2.31. The molecule has 0 amide bonds. The molecule has 1 atom stereocenters. The Labute approximate surface area is 135 Å². The molecule has 0 radical (unpaired) electrons. The number of aliphatic hydroxyl groups excluding tert-OH is 1. The van der Waals surface area contributed by atoms with E-state index in [0.717, 1.165) is 22.0 Å². The van der Waals surface area contributed by atoms with Crippen LogP contribution in [0, 0.1) is 13.8 Å². The summed E-state index contributed by atoms with van der Waals surface area (Å²) in [4.78, 5) is 0. The summed E-state index contributed by atoms with van der Waals surface area (Å²) in [5.74, 6) is 1.32. The second-order valence-corrected chi connectivity index (χ2v) is 6.70. The van der Waals surface area contributed by atoms with Crippen LogP contribution < -0.4 is 4.74 Å². The fourth-order valence-corrected chi connectivity index (χ4v) is 3.07. The van der Waals surface area contributed by atoms with Gasteiger partial charge in [-0.05, 0) is 51.0 Å². The van der Waals surface area contributed by atoms with E-state index in [4.69, 9.17) is 4.74 Å².